The smallest absolute Gasteiger partial charge is 0.258 e. The molecule has 0 saturated carbocycles. The summed E-state index contributed by atoms with van der Waals surface area (Å²) in [4.78, 5) is 51.2. The summed E-state index contributed by atoms with van der Waals surface area (Å²) in [6.45, 7) is 5.82. The highest BCUT2D eigenvalue weighted by molar-refractivity contribution is 7.80. The van der Waals surface area contributed by atoms with Crippen molar-refractivity contribution in [3.63, 3.8) is 0 Å². The quantitative estimate of drug-likeness (QED) is 0.0853. The summed E-state index contributed by atoms with van der Waals surface area (Å²) in [5.41, 5.74) is 2.31. The lowest BCUT2D eigenvalue weighted by atomic mass is 10.1. The van der Waals surface area contributed by atoms with Crippen molar-refractivity contribution in [3.05, 3.63) is 253 Å². The molecule has 0 aliphatic carbocycles. The van der Waals surface area contributed by atoms with Gasteiger partial charge in [-0.1, -0.05) is 109 Å². The molecule has 1 aliphatic rings. The molecule has 9 aromatic rings. The van der Waals surface area contributed by atoms with Crippen LogP contribution in [0.4, 0.5) is 34.1 Å². The predicted molar refractivity (Wildman–Crippen MR) is 322 cm³/mol. The van der Waals surface area contributed by atoms with E-state index in [1.54, 1.807) is 127 Å². The minimum atomic E-state index is -3.69. The Morgan fingerprint density at radius 1 is 0.295 bits per heavy atom. The van der Waals surface area contributed by atoms with E-state index in [0.29, 0.717) is 66.0 Å². The molecule has 3 amide bonds. The Labute approximate surface area is 455 Å². The number of hydrogen-bond donors (Lipinski definition) is 3. The number of hydrogen-bond acceptors (Lipinski definition) is 6. The van der Waals surface area contributed by atoms with Crippen molar-refractivity contribution < 1.29 is 28.1 Å². The molecule has 3 N–H and O–H groups in total. The van der Waals surface area contributed by atoms with Gasteiger partial charge >= 0.3 is 0 Å². The molecule has 0 unspecified atom stereocenters. The van der Waals surface area contributed by atoms with Crippen LogP contribution in [0.25, 0.3) is 0 Å². The Morgan fingerprint density at radius 3 is 0.667 bits per heavy atom. The first-order valence-electron chi connectivity index (χ1n) is 25.7. The van der Waals surface area contributed by atoms with E-state index < -0.39 is 39.6 Å². The van der Waals surface area contributed by atoms with Gasteiger partial charge in [0.25, 0.3) is 17.7 Å². The third-order valence-electron chi connectivity index (χ3n) is 13.7. The lowest BCUT2D eigenvalue weighted by Crippen LogP contribution is -2.33. The van der Waals surface area contributed by atoms with Crippen LogP contribution in [0.1, 0.15) is 51.8 Å². The second-order valence-electron chi connectivity index (χ2n) is 18.6. The van der Waals surface area contributed by atoms with Gasteiger partial charge in [0.15, 0.2) is 0 Å². The van der Waals surface area contributed by atoms with Gasteiger partial charge in [0.1, 0.15) is 0 Å². The highest BCUT2D eigenvalue weighted by Gasteiger charge is 2.34. The lowest BCUT2D eigenvalue weighted by molar-refractivity contribution is 0.0977. The van der Waals surface area contributed by atoms with Gasteiger partial charge in [0.05, 0.1) is 0 Å². The molecule has 0 radical (unpaired) electrons. The summed E-state index contributed by atoms with van der Waals surface area (Å²) in [6.07, 6.45) is 0. The molecule has 6 bridgehead atoms. The van der Waals surface area contributed by atoms with Crippen molar-refractivity contribution in [2.24, 2.45) is 0 Å². The normalized spacial score (nSPS) is 13.1. The molecule has 0 aromatic heterocycles. The van der Waals surface area contributed by atoms with Crippen LogP contribution in [0.2, 0.25) is 0 Å². The molecule has 0 fully saturated rings. The van der Waals surface area contributed by atoms with Crippen molar-refractivity contribution in [3.8, 4) is 0 Å². The number of fused-ring (bicyclic) bond motifs is 6. The van der Waals surface area contributed by atoms with Gasteiger partial charge in [0.2, 0.25) is 21.9 Å². The van der Waals surface area contributed by atoms with Gasteiger partial charge < -0.3 is 30.0 Å². The topological polar surface area (TPSA) is 148 Å². The maximum atomic E-state index is 15.7. The number of rotatable bonds is 15. The van der Waals surface area contributed by atoms with Crippen molar-refractivity contribution in [1.82, 2.24) is 0 Å². The fourth-order valence-electron chi connectivity index (χ4n) is 9.87. The van der Waals surface area contributed by atoms with E-state index in [4.69, 9.17) is 0 Å². The number of nitrogens with one attached hydrogen (secondary N) is 3. The summed E-state index contributed by atoms with van der Waals surface area (Å²) in [5, 5.41) is 13.3. The van der Waals surface area contributed by atoms with Crippen molar-refractivity contribution >= 4 is 106 Å². The van der Waals surface area contributed by atoms with Gasteiger partial charge in [-0.15, -0.1) is 0 Å². The van der Waals surface area contributed by atoms with E-state index in [0.717, 1.165) is 0 Å². The molecular formula is C63H57N6O6P3. The highest BCUT2D eigenvalue weighted by Crippen LogP contribution is 2.48. The maximum absolute atomic E-state index is 15.7. The molecule has 9 aromatic carbocycles. The van der Waals surface area contributed by atoms with Gasteiger partial charge in [-0.3, -0.25) is 28.1 Å². The third-order valence-corrected chi connectivity index (χ3v) is 21.6. The van der Waals surface area contributed by atoms with Gasteiger partial charge in [0, 0.05) is 102 Å². The van der Waals surface area contributed by atoms with E-state index in [1.165, 1.54) is 14.7 Å². The number of carbonyl (C=O) groups excluding carboxylic acids is 3. The number of benzene rings is 9. The van der Waals surface area contributed by atoms with Crippen LogP contribution in [0, 0.1) is 0 Å². The zero-order chi connectivity index (χ0) is 54.4. The summed E-state index contributed by atoms with van der Waals surface area (Å²) in [5.74, 6) is -1.47. The van der Waals surface area contributed by atoms with Crippen LogP contribution in [-0.4, -0.2) is 37.4 Å². The Balaban J connectivity index is 1.21. The summed E-state index contributed by atoms with van der Waals surface area (Å²) < 4.78 is 47.1. The van der Waals surface area contributed by atoms with Crippen LogP contribution in [-0.2, 0) is 13.7 Å². The van der Waals surface area contributed by atoms with Crippen LogP contribution >= 0.6 is 21.9 Å². The zero-order valence-electron chi connectivity index (χ0n) is 43.3. The fraction of sp³-hybridized carbons (Fsp3) is 0.0952. The largest absolute Gasteiger partial charge is 0.329 e. The summed E-state index contributed by atoms with van der Waals surface area (Å²) in [7, 11) is -11.1. The molecule has 390 valence electrons. The molecule has 1 aliphatic heterocycles. The average Bonchev–Trinajstić information content (AvgIpc) is 3.52. The van der Waals surface area contributed by atoms with Gasteiger partial charge in [-0.05, 0) is 148 Å². The Hall–Kier alpha value is -8.52. The monoisotopic (exact) mass is 1090 g/mol. The van der Waals surface area contributed by atoms with Crippen LogP contribution in [0.5, 0.6) is 0 Å². The highest BCUT2D eigenvalue weighted by atomic mass is 31.2. The van der Waals surface area contributed by atoms with Crippen molar-refractivity contribution in [1.29, 1.82) is 0 Å². The summed E-state index contributed by atoms with van der Waals surface area (Å²) >= 11 is 0. The van der Waals surface area contributed by atoms with E-state index in [2.05, 4.69) is 15.3 Å². The van der Waals surface area contributed by atoms with Gasteiger partial charge in [-0.2, -0.15) is 0 Å². The summed E-state index contributed by atoms with van der Waals surface area (Å²) in [6, 6.07) is 69.3. The molecule has 1 heterocycles. The Bertz CT molecular complexity index is 3270. The zero-order valence-corrected chi connectivity index (χ0v) is 46.0. The second-order valence-corrected chi connectivity index (χ2v) is 26.1. The molecular weight excluding hydrogens is 1030 g/mol. The number of nitrogens with zero attached hydrogens (tertiary/aromatic N) is 3. The molecule has 78 heavy (non-hydrogen) atoms. The number of carbonyl (C=O) groups is 3. The molecule has 0 spiro atoms. The first-order valence-corrected chi connectivity index (χ1v) is 30.9. The van der Waals surface area contributed by atoms with Crippen molar-refractivity contribution in [2.75, 3.05) is 49.6 Å². The first kappa shape index (κ1) is 52.9. The van der Waals surface area contributed by atoms with E-state index in [-0.39, 0.29) is 36.3 Å². The fourth-order valence-corrected chi connectivity index (χ4v) is 16.6. The lowest BCUT2D eigenvalue weighted by Gasteiger charge is -2.28. The predicted octanol–water partition coefficient (Wildman–Crippen LogP) is 12.0. The molecule has 15 heteroatoms. The number of anilines is 6. The Kier molecular flexibility index (Phi) is 15.3. The van der Waals surface area contributed by atoms with Gasteiger partial charge in [-0.25, -0.2) is 0 Å². The maximum Gasteiger partial charge on any atom is 0.258 e. The minimum absolute atomic E-state index is 0.122. The van der Waals surface area contributed by atoms with Crippen LogP contribution < -0.4 is 61.8 Å². The Morgan fingerprint density at radius 2 is 0.487 bits per heavy atom. The number of amides is 3. The van der Waals surface area contributed by atoms with Crippen LogP contribution in [0.15, 0.2) is 237 Å². The molecule has 0 atom stereocenters. The molecule has 10 rings (SSSR count). The molecule has 0 saturated heterocycles. The molecule has 12 nitrogen and oxygen atoms in total. The van der Waals surface area contributed by atoms with E-state index >= 15 is 28.1 Å². The standard InChI is InChI=1S/C63H57N6O6P3/c1-4-67-52-40-47(38-49(43-52)64-76(73,55-25-13-7-14-26-55)56-27-15-8-16-28-56)62(71)69(6-3)54-42-48(39-51(45-54)66-78(75,59-33-21-11-22-34-59)60-35-23-12-24-36-60)63(72)68(5-2)53-41-46(61(67)70)37-50(44-53)65-77(74,57-29-17-9-18-30-57)58-31-19-10-20-32-58/h7-45H,4-6H2,1-3H3,(H,64,73)(H,65,74)(H,66,75). The SMILES string of the molecule is CCN1C(=O)c2cc(NP(=O)(c3ccccc3)c3ccccc3)cc(c2)N(CC)C(=O)c2cc(NP(=O)(c3ccccc3)c3ccccc3)cc(c2)N(CC)C(=O)c2cc(NP(=O)(c3ccccc3)c3ccccc3)cc1c2. The third kappa shape index (κ3) is 10.5. The van der Waals surface area contributed by atoms with Crippen LogP contribution in [0.3, 0.4) is 0 Å². The van der Waals surface area contributed by atoms with Crippen molar-refractivity contribution in [2.45, 2.75) is 20.8 Å². The van der Waals surface area contributed by atoms with E-state index in [9.17, 15) is 0 Å². The minimum Gasteiger partial charge on any atom is -0.329 e. The average molecular weight is 1090 g/mol. The first-order chi connectivity index (χ1) is 37.8. The van der Waals surface area contributed by atoms with E-state index in [1.807, 2.05) is 130 Å². The second kappa shape index (κ2) is 22.6.